The zero-order valence-corrected chi connectivity index (χ0v) is 16.3. The van der Waals surface area contributed by atoms with Gasteiger partial charge in [-0.3, -0.25) is 4.79 Å². The van der Waals surface area contributed by atoms with Crippen LogP contribution in [-0.2, 0) is 4.74 Å². The van der Waals surface area contributed by atoms with Crippen LogP contribution >= 0.6 is 11.3 Å². The summed E-state index contributed by atoms with van der Waals surface area (Å²) in [6.07, 6.45) is 2.42. The molecule has 2 unspecified atom stereocenters. The van der Waals surface area contributed by atoms with Gasteiger partial charge in [0.2, 0.25) is 0 Å². The lowest BCUT2D eigenvalue weighted by atomic mass is 9.96. The predicted molar refractivity (Wildman–Crippen MR) is 104 cm³/mol. The first-order valence-corrected chi connectivity index (χ1v) is 10.0. The summed E-state index contributed by atoms with van der Waals surface area (Å²) < 4.78 is 11.2. The fourth-order valence-electron chi connectivity index (χ4n) is 3.06. The largest absolute Gasteiger partial charge is 0.491 e. The van der Waals surface area contributed by atoms with Crippen LogP contribution in [0.1, 0.15) is 44.1 Å². The van der Waals surface area contributed by atoms with Crippen LogP contribution in [0, 0.1) is 5.92 Å². The average molecular weight is 375 g/mol. The zero-order valence-electron chi connectivity index (χ0n) is 15.5. The Morgan fingerprint density at radius 2 is 2.15 bits per heavy atom. The molecule has 140 valence electrons. The number of ether oxygens (including phenoxy) is 2. The Bertz CT molecular complexity index is 727. The molecule has 1 aliphatic rings. The van der Waals surface area contributed by atoms with Crippen molar-refractivity contribution in [1.82, 2.24) is 10.3 Å². The number of hydrogen-bond acceptors (Lipinski definition) is 5. The second-order valence-electron chi connectivity index (χ2n) is 7.01. The number of thiazole rings is 1. The Hall–Kier alpha value is -1.92. The van der Waals surface area contributed by atoms with Crippen LogP contribution in [-0.4, -0.2) is 36.3 Å². The van der Waals surface area contributed by atoms with Crippen molar-refractivity contribution in [2.45, 2.75) is 45.8 Å². The van der Waals surface area contributed by atoms with E-state index in [4.69, 9.17) is 9.47 Å². The fourth-order valence-corrected chi connectivity index (χ4v) is 3.87. The summed E-state index contributed by atoms with van der Waals surface area (Å²) in [5.41, 5.74) is 1.47. The van der Waals surface area contributed by atoms with Crippen LogP contribution in [0.3, 0.4) is 0 Å². The lowest BCUT2D eigenvalue weighted by Gasteiger charge is -2.27. The highest BCUT2D eigenvalue weighted by atomic mass is 32.1. The van der Waals surface area contributed by atoms with Crippen LogP contribution in [0.4, 0.5) is 0 Å². The van der Waals surface area contributed by atoms with Gasteiger partial charge in [0.1, 0.15) is 16.5 Å². The van der Waals surface area contributed by atoms with Crippen molar-refractivity contribution in [3.8, 4) is 16.3 Å². The van der Waals surface area contributed by atoms with Crippen LogP contribution in [0.5, 0.6) is 5.75 Å². The number of rotatable bonds is 6. The third-order valence-corrected chi connectivity index (χ3v) is 5.25. The molecule has 1 aromatic carbocycles. The van der Waals surface area contributed by atoms with Crippen LogP contribution < -0.4 is 10.1 Å². The fraction of sp³-hybridized carbons (Fsp3) is 0.500. The molecule has 1 N–H and O–H groups in total. The van der Waals surface area contributed by atoms with E-state index in [1.54, 1.807) is 0 Å². The normalized spacial score (nSPS) is 20.2. The smallest absolute Gasteiger partial charge is 0.270 e. The second-order valence-corrected chi connectivity index (χ2v) is 7.87. The number of carbonyl (C=O) groups excluding carboxylic acids is 1. The molecule has 26 heavy (non-hydrogen) atoms. The summed E-state index contributed by atoms with van der Waals surface area (Å²) >= 11 is 1.48. The van der Waals surface area contributed by atoms with Gasteiger partial charge < -0.3 is 14.8 Å². The van der Waals surface area contributed by atoms with Crippen molar-refractivity contribution in [3.63, 3.8) is 0 Å². The lowest BCUT2D eigenvalue weighted by Crippen LogP contribution is -2.34. The van der Waals surface area contributed by atoms with Gasteiger partial charge in [0.05, 0.1) is 12.2 Å². The number of amides is 1. The summed E-state index contributed by atoms with van der Waals surface area (Å²) in [6, 6.07) is 7.81. The standard InChI is InChI=1S/C20H26N2O3S/c1-13(2)25-17-6-4-16(5-7-17)20-22-18(12-26-20)19(23)21-11-15-8-9-24-14(3)10-15/h4-7,12-15H,8-11H2,1-3H3,(H,21,23). The Labute approximate surface area is 158 Å². The minimum Gasteiger partial charge on any atom is -0.491 e. The molecular weight excluding hydrogens is 348 g/mol. The third kappa shape index (κ3) is 5.05. The molecular formula is C20H26N2O3S. The van der Waals surface area contributed by atoms with Gasteiger partial charge in [-0.05, 0) is 63.8 Å². The van der Waals surface area contributed by atoms with E-state index in [0.29, 0.717) is 18.2 Å². The van der Waals surface area contributed by atoms with E-state index >= 15 is 0 Å². The summed E-state index contributed by atoms with van der Waals surface area (Å²) in [5.74, 6) is 1.21. The van der Waals surface area contributed by atoms with Gasteiger partial charge in [-0.15, -0.1) is 11.3 Å². The van der Waals surface area contributed by atoms with E-state index in [2.05, 4.69) is 17.2 Å². The van der Waals surface area contributed by atoms with E-state index in [0.717, 1.165) is 35.8 Å². The van der Waals surface area contributed by atoms with E-state index in [9.17, 15) is 4.79 Å². The Morgan fingerprint density at radius 3 is 2.85 bits per heavy atom. The quantitative estimate of drug-likeness (QED) is 0.825. The maximum atomic E-state index is 12.4. The zero-order chi connectivity index (χ0) is 18.5. The summed E-state index contributed by atoms with van der Waals surface area (Å²) in [6.45, 7) is 7.54. The molecule has 1 amide bonds. The third-order valence-electron chi connectivity index (χ3n) is 4.35. The van der Waals surface area contributed by atoms with Crippen LogP contribution in [0.25, 0.3) is 10.6 Å². The molecule has 2 atom stereocenters. The number of hydrogen-bond donors (Lipinski definition) is 1. The van der Waals surface area contributed by atoms with Crippen LogP contribution in [0.2, 0.25) is 0 Å². The molecule has 1 aliphatic heterocycles. The van der Waals surface area contributed by atoms with Gasteiger partial charge in [0.15, 0.2) is 0 Å². The number of aromatic nitrogens is 1. The number of benzene rings is 1. The van der Waals surface area contributed by atoms with Crippen molar-refractivity contribution in [2.24, 2.45) is 5.92 Å². The minimum absolute atomic E-state index is 0.105. The topological polar surface area (TPSA) is 60.5 Å². The molecule has 0 radical (unpaired) electrons. The number of carbonyl (C=O) groups is 1. The van der Waals surface area contributed by atoms with Gasteiger partial charge in [0, 0.05) is 24.1 Å². The van der Waals surface area contributed by atoms with E-state index in [1.807, 2.05) is 43.5 Å². The molecule has 0 spiro atoms. The van der Waals surface area contributed by atoms with E-state index in [-0.39, 0.29) is 18.1 Å². The first kappa shape index (κ1) is 18.9. The lowest BCUT2D eigenvalue weighted by molar-refractivity contribution is 0.00301. The van der Waals surface area contributed by atoms with Gasteiger partial charge in [-0.2, -0.15) is 0 Å². The van der Waals surface area contributed by atoms with E-state index in [1.165, 1.54) is 11.3 Å². The molecule has 2 aromatic rings. The molecule has 5 nitrogen and oxygen atoms in total. The maximum absolute atomic E-state index is 12.4. The molecule has 6 heteroatoms. The Morgan fingerprint density at radius 1 is 1.38 bits per heavy atom. The summed E-state index contributed by atoms with van der Waals surface area (Å²) in [7, 11) is 0. The Balaban J connectivity index is 1.57. The van der Waals surface area contributed by atoms with E-state index < -0.39 is 0 Å². The maximum Gasteiger partial charge on any atom is 0.270 e. The molecule has 2 heterocycles. The summed E-state index contributed by atoms with van der Waals surface area (Å²) in [4.78, 5) is 16.9. The molecule has 0 saturated carbocycles. The molecule has 0 bridgehead atoms. The molecule has 0 aliphatic carbocycles. The van der Waals surface area contributed by atoms with Gasteiger partial charge in [-0.1, -0.05) is 0 Å². The second kappa shape index (κ2) is 8.64. The number of nitrogens with zero attached hydrogens (tertiary/aromatic N) is 1. The first-order valence-electron chi connectivity index (χ1n) is 9.13. The van der Waals surface area contributed by atoms with Crippen molar-refractivity contribution in [2.75, 3.05) is 13.2 Å². The van der Waals surface area contributed by atoms with Crippen LogP contribution in [0.15, 0.2) is 29.6 Å². The highest BCUT2D eigenvalue weighted by Gasteiger charge is 2.20. The average Bonchev–Trinajstić information content (AvgIpc) is 3.10. The molecule has 3 rings (SSSR count). The van der Waals surface area contributed by atoms with Crippen molar-refractivity contribution >= 4 is 17.2 Å². The summed E-state index contributed by atoms with van der Waals surface area (Å²) in [5, 5.41) is 5.67. The SMILES string of the molecule is CC(C)Oc1ccc(-c2nc(C(=O)NCC3CCOC(C)C3)cs2)cc1. The highest BCUT2D eigenvalue weighted by molar-refractivity contribution is 7.13. The van der Waals surface area contributed by atoms with Crippen molar-refractivity contribution in [1.29, 1.82) is 0 Å². The Kier molecular flexibility index (Phi) is 6.27. The molecule has 1 fully saturated rings. The number of nitrogens with one attached hydrogen (secondary N) is 1. The minimum atomic E-state index is -0.105. The first-order chi connectivity index (χ1) is 12.5. The van der Waals surface area contributed by atoms with Crippen molar-refractivity contribution < 1.29 is 14.3 Å². The molecule has 1 saturated heterocycles. The van der Waals surface area contributed by atoms with Gasteiger partial charge in [0.25, 0.3) is 5.91 Å². The van der Waals surface area contributed by atoms with Gasteiger partial charge in [-0.25, -0.2) is 4.98 Å². The monoisotopic (exact) mass is 374 g/mol. The molecule has 1 aromatic heterocycles. The van der Waals surface area contributed by atoms with Gasteiger partial charge >= 0.3 is 0 Å². The highest BCUT2D eigenvalue weighted by Crippen LogP contribution is 2.26. The van der Waals surface area contributed by atoms with Crippen molar-refractivity contribution in [3.05, 3.63) is 35.3 Å². The predicted octanol–water partition coefficient (Wildman–Crippen LogP) is 4.14.